The molecule has 1 aliphatic carbocycles. The van der Waals surface area contributed by atoms with Crippen molar-refractivity contribution >= 4 is 17.2 Å². The van der Waals surface area contributed by atoms with E-state index in [9.17, 15) is 4.79 Å². The normalized spacial score (nSPS) is 16.8. The highest BCUT2D eigenvalue weighted by Crippen LogP contribution is 2.37. The highest BCUT2D eigenvalue weighted by atomic mass is 32.1. The van der Waals surface area contributed by atoms with Crippen LogP contribution in [0.25, 0.3) is 0 Å². The minimum absolute atomic E-state index is 0.100. The van der Waals surface area contributed by atoms with Crippen LogP contribution < -0.4 is 5.32 Å². The molecule has 0 bridgehead atoms. The predicted octanol–water partition coefficient (Wildman–Crippen LogP) is 3.51. The van der Waals surface area contributed by atoms with Crippen LogP contribution in [-0.4, -0.2) is 15.9 Å². The Hall–Kier alpha value is -1.75. The van der Waals surface area contributed by atoms with Gasteiger partial charge in [-0.2, -0.15) is 0 Å². The molecule has 0 radical (unpaired) electrons. The summed E-state index contributed by atoms with van der Waals surface area (Å²) in [5.74, 6) is 0.402. The van der Waals surface area contributed by atoms with Gasteiger partial charge in [0, 0.05) is 11.1 Å². The van der Waals surface area contributed by atoms with E-state index in [0.717, 1.165) is 5.69 Å². The van der Waals surface area contributed by atoms with Gasteiger partial charge in [-0.25, -0.2) is 4.98 Å². The SMILES string of the molecule is Cc1cnc(C(=O)NC(c2cccs2)C2CCCC2)cn1. The standard InChI is InChI=1S/C16H19N3OS/c1-11-9-18-13(10-17-11)16(20)19-15(12-5-2-3-6-12)14-7-4-8-21-14/h4,7-10,12,15H,2-3,5-6H2,1H3,(H,19,20). The van der Waals surface area contributed by atoms with Crippen molar-refractivity contribution < 1.29 is 4.79 Å². The number of rotatable bonds is 4. The van der Waals surface area contributed by atoms with Gasteiger partial charge in [-0.1, -0.05) is 18.9 Å². The second kappa shape index (κ2) is 6.35. The van der Waals surface area contributed by atoms with Gasteiger partial charge in [-0.15, -0.1) is 11.3 Å². The third kappa shape index (κ3) is 3.29. The van der Waals surface area contributed by atoms with Crippen LogP contribution in [0.4, 0.5) is 0 Å². The summed E-state index contributed by atoms with van der Waals surface area (Å²) in [5.41, 5.74) is 1.21. The van der Waals surface area contributed by atoms with E-state index in [1.807, 2.05) is 13.0 Å². The van der Waals surface area contributed by atoms with E-state index in [-0.39, 0.29) is 11.9 Å². The Bertz CT molecular complexity index is 588. The Morgan fingerprint density at radius 1 is 1.33 bits per heavy atom. The minimum atomic E-state index is -0.132. The molecule has 1 unspecified atom stereocenters. The second-order valence-corrected chi connectivity index (χ2v) is 6.53. The van der Waals surface area contributed by atoms with Crippen molar-refractivity contribution in [3.63, 3.8) is 0 Å². The lowest BCUT2D eigenvalue weighted by Gasteiger charge is -2.23. The average molecular weight is 301 g/mol. The third-order valence-corrected chi connectivity index (χ3v) is 4.98. The molecule has 5 heteroatoms. The molecule has 1 aliphatic rings. The van der Waals surface area contributed by atoms with Crippen molar-refractivity contribution in [2.24, 2.45) is 5.92 Å². The van der Waals surface area contributed by atoms with Crippen LogP contribution in [0.15, 0.2) is 29.9 Å². The molecule has 1 fully saturated rings. The highest BCUT2D eigenvalue weighted by Gasteiger charge is 2.28. The molecule has 21 heavy (non-hydrogen) atoms. The summed E-state index contributed by atoms with van der Waals surface area (Å²) >= 11 is 1.71. The average Bonchev–Trinajstić information content (AvgIpc) is 3.19. The number of carbonyl (C=O) groups is 1. The lowest BCUT2D eigenvalue weighted by molar-refractivity contribution is 0.0917. The van der Waals surface area contributed by atoms with Crippen LogP contribution in [0, 0.1) is 12.8 Å². The summed E-state index contributed by atoms with van der Waals surface area (Å²) in [6, 6.07) is 4.25. The molecule has 2 heterocycles. The summed E-state index contributed by atoms with van der Waals surface area (Å²) in [7, 11) is 0. The predicted molar refractivity (Wildman–Crippen MR) is 83.3 cm³/mol. The van der Waals surface area contributed by atoms with Crippen molar-refractivity contribution in [2.45, 2.75) is 38.6 Å². The first kappa shape index (κ1) is 14.2. The highest BCUT2D eigenvalue weighted by molar-refractivity contribution is 7.10. The number of aryl methyl sites for hydroxylation is 1. The number of hydrogen-bond acceptors (Lipinski definition) is 4. The molecule has 1 atom stereocenters. The maximum atomic E-state index is 12.4. The fourth-order valence-corrected chi connectivity index (χ4v) is 3.77. The molecule has 3 rings (SSSR count). The number of thiophene rings is 1. The Balaban J connectivity index is 1.77. The number of amides is 1. The van der Waals surface area contributed by atoms with E-state index >= 15 is 0 Å². The molecule has 0 saturated heterocycles. The van der Waals surface area contributed by atoms with Gasteiger partial charge in [0.1, 0.15) is 5.69 Å². The lowest BCUT2D eigenvalue weighted by Crippen LogP contribution is -2.32. The molecule has 0 aromatic carbocycles. The second-order valence-electron chi connectivity index (χ2n) is 5.55. The Morgan fingerprint density at radius 3 is 2.76 bits per heavy atom. The van der Waals surface area contributed by atoms with Gasteiger partial charge >= 0.3 is 0 Å². The van der Waals surface area contributed by atoms with E-state index in [2.05, 4.69) is 26.7 Å². The van der Waals surface area contributed by atoms with Crippen LogP contribution in [0.2, 0.25) is 0 Å². The van der Waals surface area contributed by atoms with E-state index in [0.29, 0.717) is 11.6 Å². The Labute approximate surface area is 128 Å². The number of nitrogens with zero attached hydrogens (tertiary/aromatic N) is 2. The van der Waals surface area contributed by atoms with Crippen molar-refractivity contribution in [1.82, 2.24) is 15.3 Å². The van der Waals surface area contributed by atoms with Gasteiger partial charge in [-0.3, -0.25) is 9.78 Å². The number of nitrogens with one attached hydrogen (secondary N) is 1. The van der Waals surface area contributed by atoms with Crippen molar-refractivity contribution in [3.8, 4) is 0 Å². The summed E-state index contributed by atoms with van der Waals surface area (Å²) in [4.78, 5) is 22.0. The summed E-state index contributed by atoms with van der Waals surface area (Å²) < 4.78 is 0. The zero-order valence-corrected chi connectivity index (χ0v) is 12.9. The fourth-order valence-electron chi connectivity index (χ4n) is 2.91. The van der Waals surface area contributed by atoms with Gasteiger partial charge in [0.25, 0.3) is 5.91 Å². The number of carbonyl (C=O) groups excluding carboxylic acids is 1. The molecule has 1 amide bonds. The topological polar surface area (TPSA) is 54.9 Å². The van der Waals surface area contributed by atoms with Crippen LogP contribution in [0.3, 0.4) is 0 Å². The monoisotopic (exact) mass is 301 g/mol. The Kier molecular flexibility index (Phi) is 4.29. The number of aromatic nitrogens is 2. The van der Waals surface area contributed by atoms with Gasteiger partial charge in [0.05, 0.1) is 17.9 Å². The molecular formula is C16H19N3OS. The molecule has 0 aliphatic heterocycles. The molecular weight excluding hydrogens is 282 g/mol. The lowest BCUT2D eigenvalue weighted by atomic mass is 9.96. The van der Waals surface area contributed by atoms with Crippen LogP contribution >= 0.6 is 11.3 Å². The number of hydrogen-bond donors (Lipinski definition) is 1. The largest absolute Gasteiger partial charge is 0.343 e. The van der Waals surface area contributed by atoms with E-state index in [1.165, 1.54) is 30.6 Å². The molecule has 110 valence electrons. The molecule has 2 aromatic heterocycles. The zero-order chi connectivity index (χ0) is 14.7. The summed E-state index contributed by atoms with van der Waals surface area (Å²) in [6.45, 7) is 1.86. The molecule has 0 spiro atoms. The zero-order valence-electron chi connectivity index (χ0n) is 12.1. The van der Waals surface area contributed by atoms with Crippen LogP contribution in [0.1, 0.15) is 52.8 Å². The molecule has 4 nitrogen and oxygen atoms in total. The maximum absolute atomic E-state index is 12.4. The van der Waals surface area contributed by atoms with E-state index < -0.39 is 0 Å². The van der Waals surface area contributed by atoms with Gasteiger partial charge in [0.2, 0.25) is 0 Å². The van der Waals surface area contributed by atoms with Crippen molar-refractivity contribution in [1.29, 1.82) is 0 Å². The fraction of sp³-hybridized carbons (Fsp3) is 0.438. The van der Waals surface area contributed by atoms with Gasteiger partial charge in [0.15, 0.2) is 0 Å². The summed E-state index contributed by atoms with van der Waals surface area (Å²) in [5, 5.41) is 5.23. The van der Waals surface area contributed by atoms with E-state index in [4.69, 9.17) is 0 Å². The maximum Gasteiger partial charge on any atom is 0.271 e. The molecule has 2 aromatic rings. The van der Waals surface area contributed by atoms with Gasteiger partial charge in [-0.05, 0) is 37.1 Å². The quantitative estimate of drug-likeness (QED) is 0.940. The first-order valence-electron chi connectivity index (χ1n) is 7.37. The van der Waals surface area contributed by atoms with Crippen LogP contribution in [0.5, 0.6) is 0 Å². The first-order chi connectivity index (χ1) is 10.2. The molecule has 1 N–H and O–H groups in total. The van der Waals surface area contributed by atoms with Crippen molar-refractivity contribution in [3.05, 3.63) is 46.2 Å². The van der Waals surface area contributed by atoms with Crippen molar-refractivity contribution in [2.75, 3.05) is 0 Å². The first-order valence-corrected chi connectivity index (χ1v) is 8.25. The smallest absolute Gasteiger partial charge is 0.271 e. The van der Waals surface area contributed by atoms with Gasteiger partial charge < -0.3 is 5.32 Å². The minimum Gasteiger partial charge on any atom is -0.343 e. The Morgan fingerprint density at radius 2 is 2.14 bits per heavy atom. The third-order valence-electron chi connectivity index (χ3n) is 4.02. The van der Waals surface area contributed by atoms with Crippen LogP contribution in [-0.2, 0) is 0 Å². The summed E-state index contributed by atoms with van der Waals surface area (Å²) in [6.07, 6.45) is 8.06. The molecule has 1 saturated carbocycles. The van der Waals surface area contributed by atoms with E-state index in [1.54, 1.807) is 23.7 Å².